The van der Waals surface area contributed by atoms with Crippen LogP contribution in [0.1, 0.15) is 33.8 Å². The summed E-state index contributed by atoms with van der Waals surface area (Å²) in [7, 11) is 1.30. The second-order valence-corrected chi connectivity index (χ2v) is 8.04. The van der Waals surface area contributed by atoms with Crippen LogP contribution in [0.15, 0.2) is 85.1 Å². The zero-order chi connectivity index (χ0) is 23.4. The van der Waals surface area contributed by atoms with E-state index in [-0.39, 0.29) is 12.2 Å². The number of aromatic nitrogens is 2. The molecule has 5 nitrogen and oxygen atoms in total. The molecule has 0 fully saturated rings. The molecule has 4 rings (SSSR count). The molecule has 168 valence electrons. The van der Waals surface area contributed by atoms with Gasteiger partial charge in [0.15, 0.2) is 0 Å². The predicted octanol–water partition coefficient (Wildman–Crippen LogP) is 4.28. The molecule has 33 heavy (non-hydrogen) atoms. The number of hydrogen-bond acceptors (Lipinski definition) is 4. The standard InChI is InChI=1S/C27H26FN3O2/c1-18-13-14-21(22(28)15-18)27(19-9-5-3-6-10-19,20-11-7-4-8-12-20)24-17-30-25(31-24)16-23(29)26(32)33-2/h3-15,17,23H,16,29H2,1-2H3,(H,30,31). The first kappa shape index (κ1) is 22.4. The third-order valence-corrected chi connectivity index (χ3v) is 5.89. The number of H-pyrrole nitrogens is 1. The van der Waals surface area contributed by atoms with E-state index in [1.54, 1.807) is 12.3 Å². The average Bonchev–Trinajstić information content (AvgIpc) is 3.30. The topological polar surface area (TPSA) is 81.0 Å². The first-order chi connectivity index (χ1) is 16.0. The number of carbonyl (C=O) groups excluding carboxylic acids is 1. The number of esters is 1. The smallest absolute Gasteiger partial charge is 0.323 e. The van der Waals surface area contributed by atoms with Crippen LogP contribution in [0.5, 0.6) is 0 Å². The normalized spacial score (nSPS) is 12.4. The summed E-state index contributed by atoms with van der Waals surface area (Å²) in [6.45, 7) is 1.86. The molecule has 1 atom stereocenters. The van der Waals surface area contributed by atoms with Gasteiger partial charge in [-0.3, -0.25) is 4.79 Å². The minimum atomic E-state index is -0.999. The van der Waals surface area contributed by atoms with Crippen molar-refractivity contribution in [2.24, 2.45) is 5.73 Å². The zero-order valence-electron chi connectivity index (χ0n) is 18.6. The van der Waals surface area contributed by atoms with E-state index in [0.29, 0.717) is 17.1 Å². The van der Waals surface area contributed by atoms with Gasteiger partial charge in [0, 0.05) is 18.2 Å². The summed E-state index contributed by atoms with van der Waals surface area (Å²) < 4.78 is 20.4. The lowest BCUT2D eigenvalue weighted by atomic mass is 9.67. The molecular formula is C27H26FN3O2. The van der Waals surface area contributed by atoms with E-state index in [1.165, 1.54) is 7.11 Å². The number of hydrogen-bond donors (Lipinski definition) is 2. The second kappa shape index (κ2) is 9.38. The number of nitrogens with two attached hydrogens (primary N) is 1. The molecule has 3 N–H and O–H groups in total. The maximum Gasteiger partial charge on any atom is 0.323 e. The lowest BCUT2D eigenvalue weighted by Crippen LogP contribution is -2.34. The van der Waals surface area contributed by atoms with Gasteiger partial charge in [0.1, 0.15) is 17.7 Å². The van der Waals surface area contributed by atoms with Gasteiger partial charge in [0.2, 0.25) is 0 Å². The Morgan fingerprint density at radius 3 is 2.21 bits per heavy atom. The molecular weight excluding hydrogens is 417 g/mol. The van der Waals surface area contributed by atoms with Gasteiger partial charge in [0.25, 0.3) is 0 Å². The van der Waals surface area contributed by atoms with Gasteiger partial charge in [-0.15, -0.1) is 0 Å². The first-order valence-corrected chi connectivity index (χ1v) is 10.7. The third kappa shape index (κ3) is 4.17. The van der Waals surface area contributed by atoms with E-state index in [0.717, 1.165) is 16.7 Å². The van der Waals surface area contributed by atoms with Crippen molar-refractivity contribution >= 4 is 5.97 Å². The van der Waals surface area contributed by atoms with Gasteiger partial charge >= 0.3 is 5.97 Å². The van der Waals surface area contributed by atoms with E-state index in [4.69, 9.17) is 10.5 Å². The van der Waals surface area contributed by atoms with Crippen molar-refractivity contribution in [3.8, 4) is 0 Å². The minimum Gasteiger partial charge on any atom is -0.468 e. The fraction of sp³-hybridized carbons (Fsp3) is 0.185. The molecule has 3 aromatic carbocycles. The number of aromatic amines is 1. The summed E-state index contributed by atoms with van der Waals surface area (Å²) in [4.78, 5) is 19.7. The SMILES string of the molecule is COC(=O)C(N)Cc1ncc(C(c2ccccc2)(c2ccccc2)c2ccc(C)cc2F)[nH]1. The Labute approximate surface area is 192 Å². The number of nitrogens with zero attached hydrogens (tertiary/aromatic N) is 1. The number of carbonyl (C=O) groups is 1. The Hall–Kier alpha value is -3.77. The van der Waals surface area contributed by atoms with Crippen molar-refractivity contribution < 1.29 is 13.9 Å². The average molecular weight is 444 g/mol. The molecule has 4 aromatic rings. The van der Waals surface area contributed by atoms with Crippen LogP contribution in [0.4, 0.5) is 4.39 Å². The lowest BCUT2D eigenvalue weighted by molar-refractivity contribution is -0.142. The highest BCUT2D eigenvalue weighted by atomic mass is 19.1. The van der Waals surface area contributed by atoms with Gasteiger partial charge < -0.3 is 15.5 Å². The van der Waals surface area contributed by atoms with Gasteiger partial charge in [-0.25, -0.2) is 9.37 Å². The highest BCUT2D eigenvalue weighted by molar-refractivity contribution is 5.75. The number of rotatable bonds is 7. The maximum atomic E-state index is 15.7. The van der Waals surface area contributed by atoms with Crippen LogP contribution in [-0.4, -0.2) is 29.1 Å². The van der Waals surface area contributed by atoms with E-state index >= 15 is 4.39 Å². The van der Waals surface area contributed by atoms with Crippen LogP contribution < -0.4 is 5.73 Å². The Morgan fingerprint density at radius 2 is 1.67 bits per heavy atom. The van der Waals surface area contributed by atoms with Gasteiger partial charge in [-0.1, -0.05) is 72.8 Å². The number of methoxy groups -OCH3 is 1. The highest BCUT2D eigenvalue weighted by Crippen LogP contribution is 2.45. The number of halogens is 1. The monoisotopic (exact) mass is 443 g/mol. The van der Waals surface area contributed by atoms with E-state index in [1.807, 2.05) is 79.7 Å². The molecule has 6 heteroatoms. The predicted molar refractivity (Wildman–Crippen MR) is 125 cm³/mol. The van der Waals surface area contributed by atoms with Crippen LogP contribution in [0, 0.1) is 12.7 Å². The summed E-state index contributed by atoms with van der Waals surface area (Å²) in [5, 5.41) is 0. The molecule has 0 aliphatic rings. The van der Waals surface area contributed by atoms with Crippen molar-refractivity contribution in [3.05, 3.63) is 125 Å². The molecule has 1 heterocycles. The molecule has 0 bridgehead atoms. The summed E-state index contributed by atoms with van der Waals surface area (Å²) in [5.41, 5.74) is 8.73. The fourth-order valence-electron chi connectivity index (χ4n) is 4.33. The van der Waals surface area contributed by atoms with Crippen LogP contribution in [0.2, 0.25) is 0 Å². The van der Waals surface area contributed by atoms with Gasteiger partial charge in [-0.2, -0.15) is 0 Å². The number of benzene rings is 3. The number of ether oxygens (including phenoxy) is 1. The molecule has 0 radical (unpaired) electrons. The zero-order valence-corrected chi connectivity index (χ0v) is 18.6. The molecule has 0 saturated heterocycles. The number of nitrogens with one attached hydrogen (secondary N) is 1. The third-order valence-electron chi connectivity index (χ3n) is 5.89. The van der Waals surface area contributed by atoms with Crippen molar-refractivity contribution in [1.29, 1.82) is 0 Å². The summed E-state index contributed by atoms with van der Waals surface area (Å²) in [5.74, 6) is -0.313. The van der Waals surface area contributed by atoms with Crippen molar-refractivity contribution in [2.45, 2.75) is 24.8 Å². The quantitative estimate of drug-likeness (QED) is 0.330. The molecule has 0 spiro atoms. The van der Waals surface area contributed by atoms with Gasteiger partial charge in [-0.05, 0) is 29.7 Å². The lowest BCUT2D eigenvalue weighted by Gasteiger charge is -2.35. The molecule has 1 unspecified atom stereocenters. The molecule has 0 aliphatic carbocycles. The van der Waals surface area contributed by atoms with Crippen LogP contribution in [0.3, 0.4) is 0 Å². The Balaban J connectivity index is 1.98. The minimum absolute atomic E-state index is 0.169. The van der Waals surface area contributed by atoms with Crippen molar-refractivity contribution in [2.75, 3.05) is 7.11 Å². The highest BCUT2D eigenvalue weighted by Gasteiger charge is 2.42. The molecule has 0 aliphatic heterocycles. The Bertz CT molecular complexity index is 1200. The first-order valence-electron chi connectivity index (χ1n) is 10.7. The maximum absolute atomic E-state index is 15.7. The molecule has 0 saturated carbocycles. The van der Waals surface area contributed by atoms with Gasteiger partial charge in [0.05, 0.1) is 18.2 Å². The summed E-state index contributed by atoms with van der Waals surface area (Å²) in [6, 6.07) is 23.9. The van der Waals surface area contributed by atoms with Crippen LogP contribution >= 0.6 is 0 Å². The summed E-state index contributed by atoms with van der Waals surface area (Å²) >= 11 is 0. The van der Waals surface area contributed by atoms with Crippen LogP contribution in [-0.2, 0) is 21.4 Å². The summed E-state index contributed by atoms with van der Waals surface area (Å²) in [6.07, 6.45) is 1.86. The fourth-order valence-corrected chi connectivity index (χ4v) is 4.33. The van der Waals surface area contributed by atoms with Crippen molar-refractivity contribution in [1.82, 2.24) is 9.97 Å². The Kier molecular flexibility index (Phi) is 6.38. The number of aryl methyl sites for hydroxylation is 1. The molecule has 0 amide bonds. The second-order valence-electron chi connectivity index (χ2n) is 8.04. The van der Waals surface area contributed by atoms with E-state index in [2.05, 4.69) is 9.97 Å². The van der Waals surface area contributed by atoms with E-state index in [9.17, 15) is 4.79 Å². The van der Waals surface area contributed by atoms with Crippen molar-refractivity contribution in [3.63, 3.8) is 0 Å². The number of imidazole rings is 1. The van der Waals surface area contributed by atoms with Crippen LogP contribution in [0.25, 0.3) is 0 Å². The van der Waals surface area contributed by atoms with E-state index < -0.39 is 17.4 Å². The largest absolute Gasteiger partial charge is 0.468 e. The molecule has 1 aromatic heterocycles. The Morgan fingerprint density at radius 1 is 1.06 bits per heavy atom.